The van der Waals surface area contributed by atoms with Crippen LogP contribution in [0.3, 0.4) is 0 Å². The molecule has 0 heterocycles. The van der Waals surface area contributed by atoms with Crippen molar-refractivity contribution in [2.45, 2.75) is 19.3 Å². The van der Waals surface area contributed by atoms with Gasteiger partial charge in [-0.15, -0.1) is 0 Å². The third-order valence-electron chi connectivity index (χ3n) is 7.98. The Bertz CT molecular complexity index is 1690. The van der Waals surface area contributed by atoms with Gasteiger partial charge in [-0.05, 0) is 85.0 Å². The van der Waals surface area contributed by atoms with Crippen LogP contribution in [0.1, 0.15) is 33.4 Å². The van der Waals surface area contributed by atoms with Crippen molar-refractivity contribution in [1.82, 2.24) is 0 Å². The second-order valence-electron chi connectivity index (χ2n) is 10.4. The molecule has 39 heavy (non-hydrogen) atoms. The van der Waals surface area contributed by atoms with Crippen LogP contribution in [0.5, 0.6) is 0 Å². The molecule has 0 bridgehead atoms. The minimum atomic E-state index is 1.08. The fourth-order valence-corrected chi connectivity index (χ4v) is 6.21. The molecule has 186 valence electrons. The van der Waals surface area contributed by atoms with Crippen molar-refractivity contribution in [3.8, 4) is 0 Å². The highest BCUT2D eigenvalue weighted by atomic mass is 14.1. The van der Waals surface area contributed by atoms with Gasteiger partial charge < -0.3 is 0 Å². The first-order chi connectivity index (χ1) is 19.3. The summed E-state index contributed by atoms with van der Waals surface area (Å²) < 4.78 is 0. The van der Waals surface area contributed by atoms with Crippen LogP contribution in [0, 0.1) is 0 Å². The maximum Gasteiger partial charge on any atom is -0.00763 e. The predicted octanol–water partition coefficient (Wildman–Crippen LogP) is 10.2. The quantitative estimate of drug-likeness (QED) is 0.195. The van der Waals surface area contributed by atoms with E-state index in [1.165, 1.54) is 65.7 Å². The molecule has 0 amide bonds. The van der Waals surface area contributed by atoms with E-state index in [9.17, 15) is 0 Å². The van der Waals surface area contributed by atoms with Gasteiger partial charge in [-0.2, -0.15) is 0 Å². The number of hydrogen-bond acceptors (Lipinski definition) is 0. The Hall–Kier alpha value is -4.68. The smallest absolute Gasteiger partial charge is 0.00763 e. The fourth-order valence-electron chi connectivity index (χ4n) is 6.21. The van der Waals surface area contributed by atoms with E-state index < -0.39 is 0 Å². The number of allylic oxidation sites excluding steroid dienone is 3. The van der Waals surface area contributed by atoms with Gasteiger partial charge in [-0.3, -0.25) is 0 Å². The Morgan fingerprint density at radius 3 is 0.897 bits per heavy atom. The molecule has 0 unspecified atom stereocenters. The van der Waals surface area contributed by atoms with Crippen molar-refractivity contribution in [3.05, 3.63) is 161 Å². The van der Waals surface area contributed by atoms with E-state index in [2.05, 4.69) is 146 Å². The van der Waals surface area contributed by atoms with Crippen LogP contribution in [-0.4, -0.2) is 0 Å². The summed E-state index contributed by atoms with van der Waals surface area (Å²) in [6.45, 7) is 0. The van der Waals surface area contributed by atoms with E-state index in [0.717, 1.165) is 19.3 Å². The highest BCUT2D eigenvalue weighted by molar-refractivity contribution is 5.96. The van der Waals surface area contributed by atoms with E-state index in [4.69, 9.17) is 0 Å². The Kier molecular flexibility index (Phi) is 6.15. The Labute approximate surface area is 230 Å². The molecular formula is C39H30. The maximum atomic E-state index is 2.23. The second kappa shape index (κ2) is 10.2. The van der Waals surface area contributed by atoms with Gasteiger partial charge >= 0.3 is 0 Å². The third kappa shape index (κ3) is 4.49. The fraction of sp³-hybridized carbons (Fsp3) is 0.0769. The SMILES string of the molecule is C1=Cc2cccc3cccc(c23)C1.C1=Cc2cccc3cccc(c23)C1.C1=Cc2cccc3cccc(c23)C1. The van der Waals surface area contributed by atoms with Gasteiger partial charge in [0, 0.05) is 0 Å². The van der Waals surface area contributed by atoms with Crippen molar-refractivity contribution in [3.63, 3.8) is 0 Å². The first kappa shape index (κ1) is 23.4. The molecule has 0 atom stereocenters. The van der Waals surface area contributed by atoms with Crippen LogP contribution >= 0.6 is 0 Å². The molecule has 0 N–H and O–H groups in total. The number of benzene rings is 6. The monoisotopic (exact) mass is 498 g/mol. The lowest BCUT2D eigenvalue weighted by Gasteiger charge is -2.11. The van der Waals surface area contributed by atoms with Gasteiger partial charge in [0.25, 0.3) is 0 Å². The van der Waals surface area contributed by atoms with Crippen molar-refractivity contribution in [2.24, 2.45) is 0 Å². The predicted molar refractivity (Wildman–Crippen MR) is 170 cm³/mol. The zero-order valence-corrected chi connectivity index (χ0v) is 22.0. The molecule has 3 aliphatic carbocycles. The average molecular weight is 499 g/mol. The summed E-state index contributed by atoms with van der Waals surface area (Å²) in [6, 6.07) is 39.1. The molecule has 0 saturated heterocycles. The molecule has 0 aromatic heterocycles. The first-order valence-electron chi connectivity index (χ1n) is 13.9. The molecule has 0 fully saturated rings. The van der Waals surface area contributed by atoms with Crippen molar-refractivity contribution in [2.75, 3.05) is 0 Å². The van der Waals surface area contributed by atoms with Crippen LogP contribution in [0.25, 0.3) is 50.5 Å². The van der Waals surface area contributed by atoms with Crippen LogP contribution in [-0.2, 0) is 19.3 Å². The minimum absolute atomic E-state index is 1.08. The van der Waals surface area contributed by atoms with Crippen LogP contribution in [0.4, 0.5) is 0 Å². The molecule has 0 aliphatic heterocycles. The van der Waals surface area contributed by atoms with E-state index in [1.54, 1.807) is 0 Å². The van der Waals surface area contributed by atoms with E-state index >= 15 is 0 Å². The Balaban J connectivity index is 0.0000000974. The molecule has 0 radical (unpaired) electrons. The van der Waals surface area contributed by atoms with Crippen molar-refractivity contribution >= 4 is 50.5 Å². The molecule has 0 spiro atoms. The highest BCUT2D eigenvalue weighted by Crippen LogP contribution is 2.30. The van der Waals surface area contributed by atoms with Gasteiger partial charge in [-0.25, -0.2) is 0 Å². The molecule has 6 aromatic carbocycles. The molecule has 9 rings (SSSR count). The summed E-state index contributed by atoms with van der Waals surface area (Å²) in [5.41, 5.74) is 8.44. The molecule has 0 nitrogen and oxygen atoms in total. The normalized spacial score (nSPS) is 13.5. The minimum Gasteiger partial charge on any atom is -0.0795 e. The highest BCUT2D eigenvalue weighted by Gasteiger charge is 2.08. The first-order valence-corrected chi connectivity index (χ1v) is 13.9. The van der Waals surface area contributed by atoms with Gasteiger partial charge in [-0.1, -0.05) is 146 Å². The molecule has 6 aromatic rings. The van der Waals surface area contributed by atoms with Crippen LogP contribution < -0.4 is 0 Å². The second-order valence-corrected chi connectivity index (χ2v) is 10.4. The number of rotatable bonds is 0. The summed E-state index contributed by atoms with van der Waals surface area (Å²) in [4.78, 5) is 0. The lowest BCUT2D eigenvalue weighted by molar-refractivity contribution is 1.29. The topological polar surface area (TPSA) is 0 Å². The summed E-state index contributed by atoms with van der Waals surface area (Å²) in [6.07, 6.45) is 16.6. The number of hydrogen-bond donors (Lipinski definition) is 0. The van der Waals surface area contributed by atoms with Crippen LogP contribution in [0.2, 0.25) is 0 Å². The largest absolute Gasteiger partial charge is 0.0795 e. The molecule has 3 aliphatic rings. The van der Waals surface area contributed by atoms with Gasteiger partial charge in [0.05, 0.1) is 0 Å². The van der Waals surface area contributed by atoms with E-state index in [0.29, 0.717) is 0 Å². The Morgan fingerprint density at radius 2 is 0.590 bits per heavy atom. The third-order valence-corrected chi connectivity index (χ3v) is 7.98. The summed E-state index contributed by atoms with van der Waals surface area (Å²) >= 11 is 0. The molecule has 0 saturated carbocycles. The van der Waals surface area contributed by atoms with Gasteiger partial charge in [0.15, 0.2) is 0 Å². The van der Waals surface area contributed by atoms with Crippen molar-refractivity contribution < 1.29 is 0 Å². The summed E-state index contributed by atoms with van der Waals surface area (Å²) in [5.74, 6) is 0. The van der Waals surface area contributed by atoms with Gasteiger partial charge in [0.2, 0.25) is 0 Å². The zero-order chi connectivity index (χ0) is 26.0. The van der Waals surface area contributed by atoms with E-state index in [-0.39, 0.29) is 0 Å². The lowest BCUT2D eigenvalue weighted by Crippen LogP contribution is -1.91. The van der Waals surface area contributed by atoms with Crippen molar-refractivity contribution in [1.29, 1.82) is 0 Å². The maximum absolute atomic E-state index is 2.23. The molecular weight excluding hydrogens is 468 g/mol. The average Bonchev–Trinajstić information content (AvgIpc) is 3.00. The zero-order valence-electron chi connectivity index (χ0n) is 22.0. The molecule has 0 heteroatoms. The standard InChI is InChI=1S/3C13H10/c3*1-4-10-6-2-8-12-9-3-7-11(5-1)13(10)12/h3*1-8H,9H2. The summed E-state index contributed by atoms with van der Waals surface area (Å²) in [7, 11) is 0. The lowest BCUT2D eigenvalue weighted by atomic mass is 9.93. The van der Waals surface area contributed by atoms with E-state index in [1.807, 2.05) is 0 Å². The van der Waals surface area contributed by atoms with Gasteiger partial charge in [0.1, 0.15) is 0 Å². The summed E-state index contributed by atoms with van der Waals surface area (Å²) in [5, 5.41) is 8.39. The van der Waals surface area contributed by atoms with Crippen LogP contribution in [0.15, 0.2) is 127 Å². The Morgan fingerprint density at radius 1 is 0.308 bits per heavy atom.